The van der Waals surface area contributed by atoms with Gasteiger partial charge < -0.3 is 45.3 Å². The Bertz CT molecular complexity index is 441. The van der Waals surface area contributed by atoms with Gasteiger partial charge in [0.2, 0.25) is 0 Å². The van der Waals surface area contributed by atoms with Gasteiger partial charge in [0, 0.05) is 21.0 Å². The highest BCUT2D eigenvalue weighted by Crippen LogP contribution is 1.86. The molecule has 0 aromatic rings. The average Bonchev–Trinajstić information content (AvgIpc) is 2.53. The van der Waals surface area contributed by atoms with Crippen molar-refractivity contribution in [3.63, 3.8) is 0 Å². The molecule has 0 heterocycles. The monoisotopic (exact) mass is 464 g/mol. The molecule has 0 saturated heterocycles. The van der Waals surface area contributed by atoms with E-state index in [-0.39, 0.29) is 13.0 Å². The number of aliphatic hydroxyl groups excluding tert-OH is 3. The largest absolute Gasteiger partial charge is 0.481 e. The number of aliphatic carboxylic acids is 5. The molecule has 0 aliphatic rings. The van der Waals surface area contributed by atoms with Crippen molar-refractivity contribution in [1.82, 2.24) is 0 Å². The summed E-state index contributed by atoms with van der Waals surface area (Å²) in [6.45, 7) is 4.89. The van der Waals surface area contributed by atoms with Crippen LogP contribution in [-0.2, 0) is 24.0 Å². The number of hydrogen-bond acceptors (Lipinski definition) is 8. The summed E-state index contributed by atoms with van der Waals surface area (Å²) < 4.78 is 0.844. The molecule has 14 heteroatoms. The van der Waals surface area contributed by atoms with Crippen molar-refractivity contribution < 1.29 is 69.3 Å². The maximum atomic E-state index is 9.68. The first-order valence-corrected chi connectivity index (χ1v) is 8.43. The van der Waals surface area contributed by atoms with Crippen LogP contribution < -0.4 is 0 Å². The summed E-state index contributed by atoms with van der Waals surface area (Å²) in [5.41, 5.74) is 0. The van der Waals surface area contributed by atoms with Crippen molar-refractivity contribution in [3.05, 3.63) is 0 Å². The molecular formula is C17H38NO13+. The van der Waals surface area contributed by atoms with E-state index in [1.54, 1.807) is 6.92 Å². The van der Waals surface area contributed by atoms with Gasteiger partial charge in [-0.2, -0.15) is 0 Å². The van der Waals surface area contributed by atoms with Gasteiger partial charge in [0.1, 0.15) is 13.0 Å². The van der Waals surface area contributed by atoms with Gasteiger partial charge in [-0.15, -0.1) is 0 Å². The number of likely N-dealkylation sites (N-methyl/N-ethyl adjacent to an activating group) is 1. The first-order chi connectivity index (χ1) is 13.8. The highest BCUT2D eigenvalue weighted by atomic mass is 16.4. The fraction of sp³-hybridized carbons (Fsp3) is 0.706. The minimum atomic E-state index is -1.31. The Morgan fingerprint density at radius 1 is 0.774 bits per heavy atom. The zero-order valence-corrected chi connectivity index (χ0v) is 19.0. The van der Waals surface area contributed by atoms with E-state index in [2.05, 4.69) is 21.1 Å². The summed E-state index contributed by atoms with van der Waals surface area (Å²) >= 11 is 0. The fourth-order valence-electron chi connectivity index (χ4n) is 0.604. The van der Waals surface area contributed by atoms with E-state index in [4.69, 9.17) is 50.4 Å². The number of hydrogen-bond donors (Lipinski definition) is 8. The van der Waals surface area contributed by atoms with Crippen LogP contribution in [0.15, 0.2) is 0 Å². The number of aliphatic hydroxyl groups is 3. The Balaban J connectivity index is -0.0000000629. The van der Waals surface area contributed by atoms with E-state index in [1.807, 2.05) is 0 Å². The lowest BCUT2D eigenvalue weighted by Gasteiger charge is -2.21. The van der Waals surface area contributed by atoms with Crippen LogP contribution in [0.2, 0.25) is 0 Å². The van der Waals surface area contributed by atoms with Gasteiger partial charge in [0.05, 0.1) is 27.7 Å². The van der Waals surface area contributed by atoms with Gasteiger partial charge in [-0.1, -0.05) is 6.92 Å². The fourth-order valence-corrected chi connectivity index (χ4v) is 0.604. The second-order valence-corrected chi connectivity index (χ2v) is 6.00. The molecule has 0 fully saturated rings. The summed E-state index contributed by atoms with van der Waals surface area (Å²) in [6, 6.07) is 0. The number of nitrogens with zero attached hydrogens (tertiary/aromatic N) is 1. The third-order valence-corrected chi connectivity index (χ3v) is 1.75. The summed E-state index contributed by atoms with van der Waals surface area (Å²) in [4.78, 5) is 46.5. The van der Waals surface area contributed by atoms with E-state index in [9.17, 15) is 14.4 Å². The normalized spacial score (nSPS) is 9.35. The summed E-state index contributed by atoms with van der Waals surface area (Å²) in [5.74, 6) is -5.44. The Morgan fingerprint density at radius 2 is 1.03 bits per heavy atom. The molecule has 0 amide bonds. The maximum Gasteiger partial charge on any atom is 0.332 e. The first-order valence-electron chi connectivity index (χ1n) is 8.43. The van der Waals surface area contributed by atoms with Crippen LogP contribution in [0, 0.1) is 0 Å². The van der Waals surface area contributed by atoms with Gasteiger partial charge in [-0.25, -0.2) is 4.79 Å². The van der Waals surface area contributed by atoms with E-state index in [0.29, 0.717) is 0 Å². The van der Waals surface area contributed by atoms with Gasteiger partial charge in [-0.3, -0.25) is 19.2 Å². The Labute approximate surface area is 181 Å². The summed E-state index contributed by atoms with van der Waals surface area (Å²) in [6.07, 6.45) is -1.71. The quantitative estimate of drug-likeness (QED) is 0.171. The van der Waals surface area contributed by atoms with Crippen molar-refractivity contribution in [2.24, 2.45) is 0 Å². The molecule has 0 bridgehead atoms. The van der Waals surface area contributed by atoms with Crippen LogP contribution in [0.4, 0.5) is 0 Å². The van der Waals surface area contributed by atoms with E-state index in [0.717, 1.165) is 32.0 Å². The van der Waals surface area contributed by atoms with E-state index in [1.165, 1.54) is 0 Å². The SMILES string of the molecule is CC(=O)O.CC(=O)O.CCC(O)C(=O)O.CO.C[N+](C)(C)CCO.O=C(O)CC(=O)O. The third-order valence-electron chi connectivity index (χ3n) is 1.75. The number of rotatable bonds is 6. The Hall–Kier alpha value is -2.81. The van der Waals surface area contributed by atoms with Gasteiger partial charge in [0.15, 0.2) is 6.10 Å². The molecule has 0 aliphatic carbocycles. The zero-order valence-electron chi connectivity index (χ0n) is 19.0. The highest BCUT2D eigenvalue weighted by molar-refractivity contribution is 5.88. The lowest BCUT2D eigenvalue weighted by Crippen LogP contribution is -2.36. The van der Waals surface area contributed by atoms with Crippen LogP contribution in [0.3, 0.4) is 0 Å². The van der Waals surface area contributed by atoms with Crippen molar-refractivity contribution in [1.29, 1.82) is 0 Å². The molecule has 0 radical (unpaired) electrons. The van der Waals surface area contributed by atoms with Crippen molar-refractivity contribution in [3.8, 4) is 0 Å². The molecule has 1 atom stereocenters. The molecule has 0 rings (SSSR count). The van der Waals surface area contributed by atoms with Crippen LogP contribution in [0.5, 0.6) is 0 Å². The zero-order chi connectivity index (χ0) is 26.8. The van der Waals surface area contributed by atoms with Crippen LogP contribution in [-0.4, -0.2) is 123 Å². The molecule has 8 N–H and O–H groups in total. The minimum Gasteiger partial charge on any atom is -0.481 e. The molecule has 0 spiro atoms. The molecule has 31 heavy (non-hydrogen) atoms. The molecule has 0 saturated carbocycles. The average molecular weight is 464 g/mol. The second kappa shape index (κ2) is 29.4. The smallest absolute Gasteiger partial charge is 0.332 e. The molecule has 1 unspecified atom stereocenters. The standard InChI is InChI=1S/C5H14NO.C4H8O3.C3H4O4.2C2H4O2.CH4O/c1-6(2,3)4-5-7;1-2-3(5)4(6)7;4-2(5)1-3(6)7;2*1-2(3)4;1-2/h7H,4-5H2,1-3H3;3,5H,2H2,1H3,(H,6,7);1H2,(H,4,5)(H,6,7);2*1H3,(H,3,4);2H,1H3/q+1;;;;;. The topological polar surface area (TPSA) is 247 Å². The summed E-state index contributed by atoms with van der Waals surface area (Å²) in [5, 5.41) is 61.9. The minimum absolute atomic E-state index is 0.273. The Morgan fingerprint density at radius 3 is 1.03 bits per heavy atom. The van der Waals surface area contributed by atoms with Gasteiger partial charge >= 0.3 is 17.9 Å². The van der Waals surface area contributed by atoms with Crippen LogP contribution in [0.25, 0.3) is 0 Å². The lowest BCUT2D eigenvalue weighted by molar-refractivity contribution is -0.870. The predicted molar refractivity (Wildman–Crippen MR) is 109 cm³/mol. The third kappa shape index (κ3) is 138. The molecule has 188 valence electrons. The van der Waals surface area contributed by atoms with Crippen molar-refractivity contribution in [2.45, 2.75) is 39.7 Å². The lowest BCUT2D eigenvalue weighted by atomic mass is 10.3. The first kappa shape index (κ1) is 42.3. The Kier molecular flexibility index (Phi) is 40.1. The molecule has 14 nitrogen and oxygen atoms in total. The second-order valence-electron chi connectivity index (χ2n) is 6.00. The number of carboxylic acids is 5. The van der Waals surface area contributed by atoms with Crippen LogP contribution in [0.1, 0.15) is 33.6 Å². The number of carboxylic acid groups (broad SMARTS) is 5. The van der Waals surface area contributed by atoms with Gasteiger partial charge in [0.25, 0.3) is 11.9 Å². The van der Waals surface area contributed by atoms with E-state index >= 15 is 0 Å². The number of carbonyl (C=O) groups is 5. The molecule has 0 aromatic carbocycles. The van der Waals surface area contributed by atoms with E-state index < -0.39 is 42.4 Å². The maximum absolute atomic E-state index is 9.68. The van der Waals surface area contributed by atoms with Crippen molar-refractivity contribution >= 4 is 29.8 Å². The molecule has 0 aromatic heterocycles. The van der Waals surface area contributed by atoms with Crippen LogP contribution >= 0.6 is 0 Å². The van der Waals surface area contributed by atoms with Gasteiger partial charge in [-0.05, 0) is 6.42 Å². The highest BCUT2D eigenvalue weighted by Gasteiger charge is 2.07. The predicted octanol–water partition coefficient (Wildman–Crippen LogP) is -1.14. The van der Waals surface area contributed by atoms with Crippen molar-refractivity contribution in [2.75, 3.05) is 41.4 Å². The number of quaternary nitrogens is 1. The molecular weight excluding hydrogens is 426 g/mol. The summed E-state index contributed by atoms with van der Waals surface area (Å²) in [7, 11) is 7.16. The molecule has 0 aliphatic heterocycles.